The van der Waals surface area contributed by atoms with Crippen LogP contribution in [-0.2, 0) is 35.7 Å². The van der Waals surface area contributed by atoms with Gasteiger partial charge in [-0.2, -0.15) is 0 Å². The molecule has 0 spiro atoms. The van der Waals surface area contributed by atoms with Crippen molar-refractivity contribution < 1.29 is 9.53 Å². The van der Waals surface area contributed by atoms with E-state index in [2.05, 4.69) is 17.4 Å². The highest BCUT2D eigenvalue weighted by molar-refractivity contribution is 7.10. The zero-order chi connectivity index (χ0) is 18.9. The lowest BCUT2D eigenvalue weighted by Crippen LogP contribution is -2.22. The van der Waals surface area contributed by atoms with Crippen LogP contribution in [0.1, 0.15) is 28.0 Å². The van der Waals surface area contributed by atoms with Gasteiger partial charge in [-0.15, -0.1) is 11.3 Å². The van der Waals surface area contributed by atoms with E-state index in [0.717, 1.165) is 27.4 Å². The lowest BCUT2D eigenvalue weighted by molar-refractivity contribution is -0.121. The number of hydrogen-bond acceptors (Lipinski definition) is 3. The van der Waals surface area contributed by atoms with Gasteiger partial charge in [-0.05, 0) is 29.2 Å². The van der Waals surface area contributed by atoms with Gasteiger partial charge in [0.25, 0.3) is 0 Å². The normalized spacial score (nSPS) is 10.7. The summed E-state index contributed by atoms with van der Waals surface area (Å²) in [4.78, 5) is 13.1. The van der Waals surface area contributed by atoms with Gasteiger partial charge in [-0.3, -0.25) is 4.79 Å². The summed E-state index contributed by atoms with van der Waals surface area (Å²) in [6.45, 7) is 1.72. The predicted octanol–water partition coefficient (Wildman–Crippen LogP) is 5.37. The van der Waals surface area contributed by atoms with Gasteiger partial charge in [0.15, 0.2) is 0 Å². The number of carbonyl (C=O) groups is 1. The smallest absolute Gasteiger partial charge is 0.220 e. The average molecular weight is 400 g/mol. The third-order valence-corrected chi connectivity index (χ3v) is 5.46. The van der Waals surface area contributed by atoms with E-state index in [-0.39, 0.29) is 5.91 Å². The van der Waals surface area contributed by atoms with Gasteiger partial charge in [0.1, 0.15) is 0 Å². The van der Waals surface area contributed by atoms with Gasteiger partial charge in [0.05, 0.1) is 18.2 Å². The number of hydrogen-bond donors (Lipinski definition) is 1. The van der Waals surface area contributed by atoms with Crippen LogP contribution in [0, 0.1) is 0 Å². The predicted molar refractivity (Wildman–Crippen MR) is 111 cm³/mol. The van der Waals surface area contributed by atoms with Crippen molar-refractivity contribution in [2.75, 3.05) is 0 Å². The standard InChI is InChI=1S/C22H22ClNO2S/c23-20-12-21(27-16-20)10-11-22(25)24-13-17-6-8-19(9-7-17)15-26-14-18-4-2-1-3-5-18/h1-9,12,16H,10-11,13-15H2,(H,24,25). The van der Waals surface area contributed by atoms with E-state index in [0.29, 0.717) is 26.2 Å². The first-order chi connectivity index (χ1) is 13.2. The van der Waals surface area contributed by atoms with Crippen LogP contribution < -0.4 is 5.32 Å². The number of aryl methyl sites for hydroxylation is 1. The maximum Gasteiger partial charge on any atom is 0.220 e. The van der Waals surface area contributed by atoms with Crippen LogP contribution in [0.3, 0.4) is 0 Å². The quantitative estimate of drug-likeness (QED) is 0.525. The summed E-state index contributed by atoms with van der Waals surface area (Å²) in [5.41, 5.74) is 3.37. The average Bonchev–Trinajstić information content (AvgIpc) is 3.12. The molecule has 0 radical (unpaired) electrons. The molecule has 2 aromatic carbocycles. The van der Waals surface area contributed by atoms with Crippen LogP contribution in [0.5, 0.6) is 0 Å². The molecule has 1 N–H and O–H groups in total. The summed E-state index contributed by atoms with van der Waals surface area (Å²) in [7, 11) is 0. The SMILES string of the molecule is O=C(CCc1cc(Cl)cs1)NCc1ccc(COCc2ccccc2)cc1. The molecule has 0 aliphatic heterocycles. The summed E-state index contributed by atoms with van der Waals surface area (Å²) in [6, 6.07) is 20.2. The van der Waals surface area contributed by atoms with Crippen LogP contribution in [0.25, 0.3) is 0 Å². The topological polar surface area (TPSA) is 38.3 Å². The van der Waals surface area contributed by atoms with Gasteiger partial charge < -0.3 is 10.1 Å². The molecule has 0 aliphatic rings. The first kappa shape index (κ1) is 19.6. The van der Waals surface area contributed by atoms with E-state index >= 15 is 0 Å². The highest BCUT2D eigenvalue weighted by Crippen LogP contribution is 2.20. The molecule has 0 bridgehead atoms. The Morgan fingerprint density at radius 3 is 2.30 bits per heavy atom. The fourth-order valence-corrected chi connectivity index (χ4v) is 3.70. The van der Waals surface area contributed by atoms with Crippen molar-refractivity contribution in [3.8, 4) is 0 Å². The van der Waals surface area contributed by atoms with Gasteiger partial charge in [0.2, 0.25) is 5.91 Å². The highest BCUT2D eigenvalue weighted by Gasteiger charge is 2.05. The van der Waals surface area contributed by atoms with E-state index in [1.807, 2.05) is 53.9 Å². The van der Waals surface area contributed by atoms with Crippen LogP contribution in [0.4, 0.5) is 0 Å². The van der Waals surface area contributed by atoms with Gasteiger partial charge in [-0.1, -0.05) is 66.2 Å². The molecule has 27 heavy (non-hydrogen) atoms. The molecular formula is C22H22ClNO2S. The molecule has 1 heterocycles. The van der Waals surface area contributed by atoms with Crippen LogP contribution in [0.2, 0.25) is 5.02 Å². The van der Waals surface area contributed by atoms with E-state index < -0.39 is 0 Å². The molecule has 0 saturated carbocycles. The fourth-order valence-electron chi connectivity index (χ4n) is 2.62. The van der Waals surface area contributed by atoms with Gasteiger partial charge in [-0.25, -0.2) is 0 Å². The minimum absolute atomic E-state index is 0.0507. The second-order valence-electron chi connectivity index (χ2n) is 6.30. The number of rotatable bonds is 9. The molecule has 0 aliphatic carbocycles. The summed E-state index contributed by atoms with van der Waals surface area (Å²) in [5, 5.41) is 5.59. The van der Waals surface area contributed by atoms with Crippen molar-refractivity contribution in [2.24, 2.45) is 0 Å². The Hall–Kier alpha value is -2.14. The molecule has 1 aromatic heterocycles. The Bertz CT molecular complexity index is 846. The van der Waals surface area contributed by atoms with E-state index in [4.69, 9.17) is 16.3 Å². The number of benzene rings is 2. The van der Waals surface area contributed by atoms with Gasteiger partial charge in [0, 0.05) is 23.2 Å². The second-order valence-corrected chi connectivity index (χ2v) is 7.74. The van der Waals surface area contributed by atoms with Crippen LogP contribution >= 0.6 is 22.9 Å². The summed E-state index contributed by atoms with van der Waals surface area (Å²) in [6.07, 6.45) is 1.20. The minimum atomic E-state index is 0.0507. The summed E-state index contributed by atoms with van der Waals surface area (Å²) >= 11 is 7.48. The molecule has 5 heteroatoms. The van der Waals surface area contributed by atoms with Crippen LogP contribution in [-0.4, -0.2) is 5.91 Å². The Morgan fingerprint density at radius 1 is 0.963 bits per heavy atom. The Balaban J connectivity index is 1.36. The number of halogens is 1. The Morgan fingerprint density at radius 2 is 1.63 bits per heavy atom. The fraction of sp³-hybridized carbons (Fsp3) is 0.227. The molecule has 3 aromatic rings. The van der Waals surface area contributed by atoms with E-state index in [9.17, 15) is 4.79 Å². The molecule has 3 rings (SSSR count). The maximum absolute atomic E-state index is 12.0. The second kappa shape index (κ2) is 10.3. The minimum Gasteiger partial charge on any atom is -0.372 e. The van der Waals surface area contributed by atoms with Crippen LogP contribution in [0.15, 0.2) is 66.0 Å². The zero-order valence-corrected chi connectivity index (χ0v) is 16.6. The first-order valence-corrected chi connectivity index (χ1v) is 10.1. The van der Waals surface area contributed by atoms with E-state index in [1.165, 1.54) is 5.56 Å². The van der Waals surface area contributed by atoms with Crippen molar-refractivity contribution in [3.63, 3.8) is 0 Å². The highest BCUT2D eigenvalue weighted by atomic mass is 35.5. The third kappa shape index (κ3) is 6.83. The Kier molecular flexibility index (Phi) is 7.45. The first-order valence-electron chi connectivity index (χ1n) is 8.88. The molecule has 0 unspecified atom stereocenters. The molecule has 0 atom stereocenters. The monoisotopic (exact) mass is 399 g/mol. The number of nitrogens with one attached hydrogen (secondary N) is 1. The lowest BCUT2D eigenvalue weighted by Gasteiger charge is -2.07. The van der Waals surface area contributed by atoms with Gasteiger partial charge >= 0.3 is 0 Å². The molecular weight excluding hydrogens is 378 g/mol. The molecule has 140 valence electrons. The number of ether oxygens (including phenoxy) is 1. The van der Waals surface area contributed by atoms with E-state index in [1.54, 1.807) is 11.3 Å². The number of carbonyl (C=O) groups excluding carboxylic acids is 1. The van der Waals surface area contributed by atoms with Crippen molar-refractivity contribution in [2.45, 2.75) is 32.6 Å². The Labute approximate surface area is 169 Å². The molecule has 3 nitrogen and oxygen atoms in total. The third-order valence-electron chi connectivity index (χ3n) is 4.11. The molecule has 1 amide bonds. The summed E-state index contributed by atoms with van der Waals surface area (Å²) in [5.74, 6) is 0.0507. The van der Waals surface area contributed by atoms with Crippen molar-refractivity contribution in [1.82, 2.24) is 5.32 Å². The summed E-state index contributed by atoms with van der Waals surface area (Å²) < 4.78 is 5.74. The zero-order valence-electron chi connectivity index (χ0n) is 15.0. The maximum atomic E-state index is 12.0. The largest absolute Gasteiger partial charge is 0.372 e. The number of thiophene rings is 1. The molecule has 0 fully saturated rings. The number of amides is 1. The van der Waals surface area contributed by atoms with Crippen molar-refractivity contribution in [3.05, 3.63) is 92.6 Å². The van der Waals surface area contributed by atoms with Crippen molar-refractivity contribution in [1.29, 1.82) is 0 Å². The van der Waals surface area contributed by atoms with Crippen molar-refractivity contribution >= 4 is 28.8 Å². The lowest BCUT2D eigenvalue weighted by atomic mass is 10.1. The molecule has 0 saturated heterocycles.